The molecule has 0 aromatic carbocycles. The molecule has 1 aliphatic rings. The molecule has 4 heteroatoms. The standard InChI is InChI=1S/C7H13NO3/c1-6(8-5-9)7(2)10-3-4-11-7/h5-6H,3-4H2,1-2H3,(H,8,9). The lowest BCUT2D eigenvalue weighted by molar-refractivity contribution is -0.162. The molecule has 64 valence electrons. The van der Waals surface area contributed by atoms with Crippen LogP contribution in [0.5, 0.6) is 0 Å². The summed E-state index contributed by atoms with van der Waals surface area (Å²) in [5, 5.41) is 2.60. The lowest BCUT2D eigenvalue weighted by Crippen LogP contribution is -2.47. The summed E-state index contributed by atoms with van der Waals surface area (Å²) in [5.74, 6) is -0.638. The maximum Gasteiger partial charge on any atom is 0.207 e. The number of hydrogen-bond acceptors (Lipinski definition) is 3. The number of nitrogens with one attached hydrogen (secondary N) is 1. The second kappa shape index (κ2) is 3.19. The van der Waals surface area contributed by atoms with Gasteiger partial charge in [-0.3, -0.25) is 4.79 Å². The van der Waals surface area contributed by atoms with Crippen LogP contribution in [0, 0.1) is 0 Å². The number of ether oxygens (including phenoxy) is 2. The fraction of sp³-hybridized carbons (Fsp3) is 0.857. The molecule has 1 unspecified atom stereocenters. The van der Waals surface area contributed by atoms with Gasteiger partial charge in [0.2, 0.25) is 6.41 Å². The van der Waals surface area contributed by atoms with Gasteiger partial charge < -0.3 is 14.8 Å². The molecule has 1 atom stereocenters. The first-order valence-electron chi connectivity index (χ1n) is 3.66. The number of carbonyl (C=O) groups excluding carboxylic acids is 1. The Labute approximate surface area is 65.9 Å². The first-order chi connectivity index (χ1) is 5.19. The van der Waals surface area contributed by atoms with E-state index in [1.807, 2.05) is 13.8 Å². The Morgan fingerprint density at radius 2 is 2.09 bits per heavy atom. The van der Waals surface area contributed by atoms with E-state index < -0.39 is 5.79 Å². The molecule has 0 bridgehead atoms. The van der Waals surface area contributed by atoms with Gasteiger partial charge in [-0.15, -0.1) is 0 Å². The minimum Gasteiger partial charge on any atom is -0.351 e. The third-order valence-electron chi connectivity index (χ3n) is 1.97. The number of amides is 1. The SMILES string of the molecule is CC(NC=O)C1(C)OCCO1. The van der Waals surface area contributed by atoms with Gasteiger partial charge in [-0.2, -0.15) is 0 Å². The Hall–Kier alpha value is -0.610. The van der Waals surface area contributed by atoms with E-state index in [0.29, 0.717) is 19.6 Å². The second-order valence-electron chi connectivity index (χ2n) is 2.72. The maximum atomic E-state index is 10.1. The Morgan fingerprint density at radius 3 is 2.55 bits per heavy atom. The zero-order chi connectivity index (χ0) is 8.32. The van der Waals surface area contributed by atoms with Gasteiger partial charge in [-0.25, -0.2) is 0 Å². The van der Waals surface area contributed by atoms with Crippen molar-refractivity contribution in [1.29, 1.82) is 0 Å². The van der Waals surface area contributed by atoms with E-state index in [0.717, 1.165) is 0 Å². The number of hydrogen-bond donors (Lipinski definition) is 1. The third kappa shape index (κ3) is 1.70. The smallest absolute Gasteiger partial charge is 0.207 e. The topological polar surface area (TPSA) is 47.6 Å². The van der Waals surface area contributed by atoms with Gasteiger partial charge in [0.15, 0.2) is 5.79 Å². The molecule has 0 aromatic rings. The molecule has 1 aliphatic heterocycles. The summed E-state index contributed by atoms with van der Waals surface area (Å²) >= 11 is 0. The van der Waals surface area contributed by atoms with E-state index in [2.05, 4.69) is 5.32 Å². The van der Waals surface area contributed by atoms with Crippen LogP contribution in [0.3, 0.4) is 0 Å². The Morgan fingerprint density at radius 1 is 1.55 bits per heavy atom. The molecule has 1 rings (SSSR count). The molecule has 0 radical (unpaired) electrons. The number of rotatable bonds is 3. The van der Waals surface area contributed by atoms with Crippen LogP contribution in [0.4, 0.5) is 0 Å². The quantitative estimate of drug-likeness (QED) is 0.584. The van der Waals surface area contributed by atoms with Gasteiger partial charge in [0.1, 0.15) is 0 Å². The predicted octanol–water partition coefficient (Wildman–Crippen LogP) is -0.116. The summed E-state index contributed by atoms with van der Waals surface area (Å²) in [6, 6.07) is -0.109. The molecule has 0 saturated carbocycles. The molecule has 0 spiro atoms. The highest BCUT2D eigenvalue weighted by molar-refractivity contribution is 5.46. The first kappa shape index (κ1) is 8.49. The predicted molar refractivity (Wildman–Crippen MR) is 39.0 cm³/mol. The van der Waals surface area contributed by atoms with Crippen molar-refractivity contribution >= 4 is 6.41 Å². The van der Waals surface area contributed by atoms with Crippen molar-refractivity contribution in [2.45, 2.75) is 25.7 Å². The molecular formula is C7H13NO3. The van der Waals surface area contributed by atoms with Crippen LogP contribution < -0.4 is 5.32 Å². The van der Waals surface area contributed by atoms with Crippen LogP contribution >= 0.6 is 0 Å². The molecule has 4 nitrogen and oxygen atoms in total. The van der Waals surface area contributed by atoms with Crippen LogP contribution in [0.2, 0.25) is 0 Å². The molecule has 1 saturated heterocycles. The van der Waals surface area contributed by atoms with Crippen LogP contribution in [-0.2, 0) is 14.3 Å². The molecule has 1 N–H and O–H groups in total. The Bertz CT molecular complexity index is 143. The Kier molecular flexibility index (Phi) is 2.46. The average molecular weight is 159 g/mol. The van der Waals surface area contributed by atoms with Crippen LogP contribution in [0.25, 0.3) is 0 Å². The van der Waals surface area contributed by atoms with Gasteiger partial charge in [0, 0.05) is 0 Å². The van der Waals surface area contributed by atoms with Crippen LogP contribution in [0.1, 0.15) is 13.8 Å². The van der Waals surface area contributed by atoms with E-state index in [1.54, 1.807) is 0 Å². The largest absolute Gasteiger partial charge is 0.351 e. The molecule has 0 aliphatic carbocycles. The minimum absolute atomic E-state index is 0.109. The monoisotopic (exact) mass is 159 g/mol. The van der Waals surface area contributed by atoms with E-state index in [1.165, 1.54) is 0 Å². The van der Waals surface area contributed by atoms with Crippen molar-refractivity contribution in [3.05, 3.63) is 0 Å². The summed E-state index contributed by atoms with van der Waals surface area (Å²) in [5.41, 5.74) is 0. The van der Waals surface area contributed by atoms with E-state index >= 15 is 0 Å². The fourth-order valence-electron chi connectivity index (χ4n) is 1.03. The van der Waals surface area contributed by atoms with Gasteiger partial charge in [0.05, 0.1) is 19.3 Å². The normalized spacial score (nSPS) is 24.5. The van der Waals surface area contributed by atoms with E-state index in [9.17, 15) is 4.79 Å². The molecule has 1 amide bonds. The first-order valence-corrected chi connectivity index (χ1v) is 3.66. The third-order valence-corrected chi connectivity index (χ3v) is 1.97. The summed E-state index contributed by atoms with van der Waals surface area (Å²) < 4.78 is 10.6. The highest BCUT2D eigenvalue weighted by Crippen LogP contribution is 2.21. The van der Waals surface area contributed by atoms with Crippen molar-refractivity contribution in [1.82, 2.24) is 5.32 Å². The molecular weight excluding hydrogens is 146 g/mol. The van der Waals surface area contributed by atoms with Crippen LogP contribution in [0.15, 0.2) is 0 Å². The zero-order valence-electron chi connectivity index (χ0n) is 6.79. The summed E-state index contributed by atoms with van der Waals surface area (Å²) in [6.07, 6.45) is 0.654. The van der Waals surface area contributed by atoms with E-state index in [4.69, 9.17) is 9.47 Å². The van der Waals surface area contributed by atoms with Crippen molar-refractivity contribution in [2.24, 2.45) is 0 Å². The molecule has 1 heterocycles. The zero-order valence-corrected chi connectivity index (χ0v) is 6.79. The number of carbonyl (C=O) groups is 1. The van der Waals surface area contributed by atoms with Crippen molar-refractivity contribution in [3.8, 4) is 0 Å². The fourth-order valence-corrected chi connectivity index (χ4v) is 1.03. The summed E-state index contributed by atoms with van der Waals surface area (Å²) in [7, 11) is 0. The van der Waals surface area contributed by atoms with Gasteiger partial charge in [-0.1, -0.05) is 0 Å². The maximum absolute atomic E-state index is 10.1. The molecule has 1 fully saturated rings. The van der Waals surface area contributed by atoms with Gasteiger partial charge in [0.25, 0.3) is 0 Å². The second-order valence-corrected chi connectivity index (χ2v) is 2.72. The highest BCUT2D eigenvalue weighted by atomic mass is 16.7. The molecule has 0 aromatic heterocycles. The van der Waals surface area contributed by atoms with Crippen LogP contribution in [-0.4, -0.2) is 31.5 Å². The lowest BCUT2D eigenvalue weighted by Gasteiger charge is -2.28. The van der Waals surface area contributed by atoms with Crippen molar-refractivity contribution in [2.75, 3.05) is 13.2 Å². The van der Waals surface area contributed by atoms with Crippen molar-refractivity contribution < 1.29 is 14.3 Å². The Balaban J connectivity index is 2.48. The summed E-state index contributed by atoms with van der Waals surface area (Å²) in [6.45, 7) is 4.86. The molecule has 11 heavy (non-hydrogen) atoms. The average Bonchev–Trinajstić information content (AvgIpc) is 2.38. The lowest BCUT2D eigenvalue weighted by atomic mass is 10.1. The van der Waals surface area contributed by atoms with Crippen molar-refractivity contribution in [3.63, 3.8) is 0 Å². The highest BCUT2D eigenvalue weighted by Gasteiger charge is 2.36. The summed E-state index contributed by atoms with van der Waals surface area (Å²) in [4.78, 5) is 10.1. The van der Waals surface area contributed by atoms with E-state index in [-0.39, 0.29) is 6.04 Å². The van der Waals surface area contributed by atoms with Gasteiger partial charge >= 0.3 is 0 Å². The minimum atomic E-state index is -0.638. The van der Waals surface area contributed by atoms with Gasteiger partial charge in [-0.05, 0) is 13.8 Å².